The van der Waals surface area contributed by atoms with Crippen molar-refractivity contribution in [2.75, 3.05) is 17.3 Å². The highest BCUT2D eigenvalue weighted by atomic mass is 32.2. The Labute approximate surface area is 127 Å². The predicted molar refractivity (Wildman–Crippen MR) is 85.6 cm³/mol. The molecule has 5 nitrogen and oxygen atoms in total. The fraction of sp³-hybridized carbons (Fsp3) is 0.385. The Morgan fingerprint density at radius 2 is 2.30 bits per heavy atom. The van der Waals surface area contributed by atoms with E-state index in [2.05, 4.69) is 14.7 Å². The maximum atomic E-state index is 5.82. The lowest BCUT2D eigenvalue weighted by Gasteiger charge is -2.13. The Balaban J connectivity index is 2.10. The lowest BCUT2D eigenvalue weighted by atomic mass is 10.2. The SMILES string of the molecule is CSc1c(N)nsc1NCc1cccnc1OC(C)C. The van der Waals surface area contributed by atoms with Gasteiger partial charge in [-0.2, -0.15) is 4.37 Å². The number of ether oxygens (including phenoxy) is 1. The van der Waals surface area contributed by atoms with Crippen LogP contribution in [0.3, 0.4) is 0 Å². The maximum absolute atomic E-state index is 5.82. The molecule has 20 heavy (non-hydrogen) atoms. The summed E-state index contributed by atoms with van der Waals surface area (Å²) in [7, 11) is 0. The number of nitrogens with one attached hydrogen (secondary N) is 1. The zero-order valence-corrected chi connectivity index (χ0v) is 13.3. The third-order valence-electron chi connectivity index (χ3n) is 2.51. The van der Waals surface area contributed by atoms with Gasteiger partial charge in [-0.15, -0.1) is 11.8 Å². The van der Waals surface area contributed by atoms with Gasteiger partial charge in [-0.25, -0.2) is 4.98 Å². The van der Waals surface area contributed by atoms with E-state index >= 15 is 0 Å². The molecule has 108 valence electrons. The summed E-state index contributed by atoms with van der Waals surface area (Å²) in [6, 6.07) is 3.90. The van der Waals surface area contributed by atoms with Gasteiger partial charge in [0.15, 0.2) is 5.82 Å². The van der Waals surface area contributed by atoms with Crippen molar-refractivity contribution < 1.29 is 4.74 Å². The first-order valence-corrected chi connectivity index (χ1v) is 8.25. The fourth-order valence-corrected chi connectivity index (χ4v) is 3.20. The van der Waals surface area contributed by atoms with Crippen LogP contribution in [0.25, 0.3) is 0 Å². The summed E-state index contributed by atoms with van der Waals surface area (Å²) in [5, 5.41) is 4.33. The van der Waals surface area contributed by atoms with Crippen LogP contribution in [0.5, 0.6) is 5.88 Å². The third-order valence-corrected chi connectivity index (χ3v) is 4.28. The summed E-state index contributed by atoms with van der Waals surface area (Å²) in [6.07, 6.45) is 3.83. The van der Waals surface area contributed by atoms with Crippen LogP contribution in [0.15, 0.2) is 23.2 Å². The molecule has 0 aromatic carbocycles. The van der Waals surface area contributed by atoms with Crippen LogP contribution in [0.1, 0.15) is 19.4 Å². The van der Waals surface area contributed by atoms with E-state index in [9.17, 15) is 0 Å². The summed E-state index contributed by atoms with van der Waals surface area (Å²) in [5.74, 6) is 1.24. The van der Waals surface area contributed by atoms with Crippen LogP contribution in [0.2, 0.25) is 0 Å². The van der Waals surface area contributed by atoms with Crippen LogP contribution in [0, 0.1) is 0 Å². The van der Waals surface area contributed by atoms with Crippen molar-refractivity contribution in [1.29, 1.82) is 0 Å². The van der Waals surface area contributed by atoms with E-state index in [-0.39, 0.29) is 6.10 Å². The van der Waals surface area contributed by atoms with Crippen LogP contribution < -0.4 is 15.8 Å². The maximum Gasteiger partial charge on any atom is 0.218 e. The Morgan fingerprint density at radius 3 is 3.00 bits per heavy atom. The number of hydrogen-bond donors (Lipinski definition) is 2. The molecular weight excluding hydrogens is 292 g/mol. The number of thioether (sulfide) groups is 1. The van der Waals surface area contributed by atoms with Crippen molar-refractivity contribution in [3.8, 4) is 5.88 Å². The minimum absolute atomic E-state index is 0.101. The smallest absolute Gasteiger partial charge is 0.218 e. The van der Waals surface area contributed by atoms with Crippen LogP contribution in [-0.4, -0.2) is 21.7 Å². The zero-order valence-electron chi connectivity index (χ0n) is 11.7. The average Bonchev–Trinajstić information content (AvgIpc) is 2.77. The molecule has 0 aliphatic carbocycles. The van der Waals surface area contributed by atoms with Crippen LogP contribution in [-0.2, 0) is 6.54 Å². The van der Waals surface area contributed by atoms with Crippen molar-refractivity contribution in [3.05, 3.63) is 23.9 Å². The van der Waals surface area contributed by atoms with Gasteiger partial charge in [-0.3, -0.25) is 0 Å². The van der Waals surface area contributed by atoms with Gasteiger partial charge in [0.2, 0.25) is 5.88 Å². The molecule has 2 rings (SSSR count). The summed E-state index contributed by atoms with van der Waals surface area (Å²) in [5.41, 5.74) is 6.83. The Bertz CT molecular complexity index is 571. The van der Waals surface area contributed by atoms with Crippen LogP contribution in [0.4, 0.5) is 10.8 Å². The van der Waals surface area contributed by atoms with Gasteiger partial charge >= 0.3 is 0 Å². The zero-order chi connectivity index (χ0) is 14.5. The van der Waals surface area contributed by atoms with Gasteiger partial charge in [-0.05, 0) is 37.7 Å². The van der Waals surface area contributed by atoms with Crippen molar-refractivity contribution >= 4 is 34.1 Å². The summed E-state index contributed by atoms with van der Waals surface area (Å²) in [4.78, 5) is 5.27. The van der Waals surface area contributed by atoms with E-state index in [1.54, 1.807) is 18.0 Å². The van der Waals surface area contributed by atoms with Crippen molar-refractivity contribution in [1.82, 2.24) is 9.36 Å². The van der Waals surface area contributed by atoms with Crippen molar-refractivity contribution in [2.45, 2.75) is 31.4 Å². The highest BCUT2D eigenvalue weighted by molar-refractivity contribution is 7.99. The minimum Gasteiger partial charge on any atom is -0.475 e. The Kier molecular flexibility index (Phi) is 5.08. The minimum atomic E-state index is 0.101. The highest BCUT2D eigenvalue weighted by Gasteiger charge is 2.12. The molecule has 3 N–H and O–H groups in total. The second-order valence-electron chi connectivity index (χ2n) is 4.42. The third kappa shape index (κ3) is 3.55. The number of nitrogens with two attached hydrogens (primary N) is 1. The Morgan fingerprint density at radius 1 is 1.50 bits per heavy atom. The number of anilines is 2. The molecule has 0 spiro atoms. The average molecular weight is 310 g/mol. The molecule has 0 unspecified atom stereocenters. The first-order chi connectivity index (χ1) is 9.61. The monoisotopic (exact) mass is 310 g/mol. The van der Waals surface area contributed by atoms with Gasteiger partial charge in [0.25, 0.3) is 0 Å². The molecule has 2 aromatic heterocycles. The number of aromatic nitrogens is 2. The van der Waals surface area contributed by atoms with E-state index in [4.69, 9.17) is 10.5 Å². The van der Waals surface area contributed by atoms with E-state index in [1.165, 1.54) is 11.5 Å². The molecular formula is C13H18N4OS2. The van der Waals surface area contributed by atoms with Crippen molar-refractivity contribution in [3.63, 3.8) is 0 Å². The largest absolute Gasteiger partial charge is 0.475 e. The highest BCUT2D eigenvalue weighted by Crippen LogP contribution is 2.35. The molecule has 0 aliphatic rings. The summed E-state index contributed by atoms with van der Waals surface area (Å²) < 4.78 is 9.86. The molecule has 0 saturated carbocycles. The number of hydrogen-bond acceptors (Lipinski definition) is 7. The van der Waals surface area contributed by atoms with Gasteiger partial charge in [0.1, 0.15) is 5.00 Å². The molecule has 7 heteroatoms. The first kappa shape index (κ1) is 14.9. The topological polar surface area (TPSA) is 73.1 Å². The second-order valence-corrected chi connectivity index (χ2v) is 6.01. The van der Waals surface area contributed by atoms with Crippen molar-refractivity contribution in [2.24, 2.45) is 0 Å². The standard InChI is InChI=1S/C13H18N4OS2/c1-8(2)18-12-9(5-4-6-15-12)7-16-13-10(19-3)11(14)17-20-13/h4-6,8,16H,7H2,1-3H3,(H2,14,17). The molecule has 0 aliphatic heterocycles. The van der Waals surface area contributed by atoms with Gasteiger partial charge in [-0.1, -0.05) is 6.07 Å². The number of nitrogen functional groups attached to an aromatic ring is 1. The quantitative estimate of drug-likeness (QED) is 0.798. The van der Waals surface area contributed by atoms with E-state index < -0.39 is 0 Å². The molecule has 0 bridgehead atoms. The molecule has 0 atom stereocenters. The number of rotatable bonds is 6. The lowest BCUT2D eigenvalue weighted by Crippen LogP contribution is -2.10. The molecule has 0 amide bonds. The lowest BCUT2D eigenvalue weighted by molar-refractivity contribution is 0.230. The normalized spacial score (nSPS) is 10.8. The molecule has 2 heterocycles. The first-order valence-electron chi connectivity index (χ1n) is 6.25. The molecule has 0 saturated heterocycles. The fourth-order valence-electron chi connectivity index (χ4n) is 1.67. The number of pyridine rings is 1. The molecule has 0 fully saturated rings. The summed E-state index contributed by atoms with van der Waals surface area (Å²) >= 11 is 2.96. The predicted octanol–water partition coefficient (Wildman–Crippen LogP) is 3.24. The van der Waals surface area contributed by atoms with Gasteiger partial charge < -0.3 is 15.8 Å². The van der Waals surface area contributed by atoms with Crippen LogP contribution >= 0.6 is 23.3 Å². The van der Waals surface area contributed by atoms with E-state index in [1.807, 2.05) is 32.2 Å². The molecule has 0 radical (unpaired) electrons. The Hall–Kier alpha value is -1.47. The van der Waals surface area contributed by atoms with Gasteiger partial charge in [0, 0.05) is 18.3 Å². The molecule has 2 aromatic rings. The van der Waals surface area contributed by atoms with E-state index in [0.29, 0.717) is 18.2 Å². The second kappa shape index (κ2) is 6.81. The summed E-state index contributed by atoms with van der Waals surface area (Å²) in [6.45, 7) is 4.61. The van der Waals surface area contributed by atoms with E-state index in [0.717, 1.165) is 15.5 Å². The van der Waals surface area contributed by atoms with Gasteiger partial charge in [0.05, 0.1) is 11.0 Å². The number of nitrogens with zero attached hydrogens (tertiary/aromatic N) is 2.